The summed E-state index contributed by atoms with van der Waals surface area (Å²) in [6.45, 7) is 4.10. The maximum Gasteiger partial charge on any atom is 0 e. The molecule has 1 radical (unpaired) electrons. The van der Waals surface area contributed by atoms with Crippen LogP contribution >= 0.6 is 0 Å². The maximum absolute atomic E-state index is 4.10. The molecule has 2 rings (SSSR count). The molecule has 0 atom stereocenters. The van der Waals surface area contributed by atoms with Gasteiger partial charge >= 0.3 is 0 Å². The second-order valence-corrected chi connectivity index (χ2v) is 3.21. The van der Waals surface area contributed by atoms with Crippen LogP contribution in [0.5, 0.6) is 0 Å². The van der Waals surface area contributed by atoms with Crippen molar-refractivity contribution in [2.75, 3.05) is 0 Å². The van der Waals surface area contributed by atoms with Crippen molar-refractivity contribution in [3.63, 3.8) is 0 Å². The third-order valence-electron chi connectivity index (χ3n) is 2.24. The first-order valence-electron chi connectivity index (χ1n) is 4.67. The van der Waals surface area contributed by atoms with Crippen LogP contribution in [0.3, 0.4) is 0 Å². The average molecular weight is 187 g/mol. The van der Waals surface area contributed by atoms with Crippen molar-refractivity contribution >= 4 is 24.4 Å². The zero-order valence-corrected chi connectivity index (χ0v) is 8.98. The van der Waals surface area contributed by atoms with E-state index in [2.05, 4.69) is 30.8 Å². The molecule has 0 aromatic heterocycles. The van der Waals surface area contributed by atoms with Gasteiger partial charge in [-0.05, 0) is 16.7 Å². The zero-order chi connectivity index (χ0) is 9.80. The van der Waals surface area contributed by atoms with Gasteiger partial charge in [0.05, 0.1) is 0 Å². The van der Waals surface area contributed by atoms with Gasteiger partial charge in [-0.15, -0.1) is 0 Å². The van der Waals surface area contributed by atoms with E-state index in [-0.39, 0.29) is 18.9 Å². The van der Waals surface area contributed by atoms with Gasteiger partial charge in [0.15, 0.2) is 0 Å². The molecule has 2 aromatic carbocycles. The predicted octanol–water partition coefficient (Wildman–Crippen LogP) is 3.37. The molecule has 0 aliphatic carbocycles. The van der Waals surface area contributed by atoms with E-state index in [4.69, 9.17) is 0 Å². The third-order valence-corrected chi connectivity index (χ3v) is 2.24. The summed E-state index contributed by atoms with van der Waals surface area (Å²) in [7, 11) is 0. The normalized spacial score (nSPS) is 9.07. The molecular formula is C14H12Li. The van der Waals surface area contributed by atoms with Crippen molar-refractivity contribution in [2.45, 2.75) is 0 Å². The second kappa shape index (κ2) is 5.61. The van der Waals surface area contributed by atoms with Crippen LogP contribution in [0.25, 0.3) is 5.57 Å². The molecule has 0 spiro atoms. The van der Waals surface area contributed by atoms with Crippen LogP contribution < -0.4 is 0 Å². The molecule has 0 heterocycles. The van der Waals surface area contributed by atoms with Gasteiger partial charge in [-0.1, -0.05) is 67.2 Å². The fourth-order valence-corrected chi connectivity index (χ4v) is 1.45. The van der Waals surface area contributed by atoms with Gasteiger partial charge in [0.25, 0.3) is 0 Å². The van der Waals surface area contributed by atoms with Crippen molar-refractivity contribution in [3.05, 3.63) is 78.4 Å². The Morgan fingerprint density at radius 3 is 1.33 bits per heavy atom. The van der Waals surface area contributed by atoms with E-state index >= 15 is 0 Å². The number of benzene rings is 2. The van der Waals surface area contributed by atoms with E-state index < -0.39 is 0 Å². The molecule has 2 aromatic rings. The summed E-state index contributed by atoms with van der Waals surface area (Å²) in [5.41, 5.74) is 3.43. The van der Waals surface area contributed by atoms with E-state index in [0.29, 0.717) is 0 Å². The van der Waals surface area contributed by atoms with Gasteiger partial charge in [0.1, 0.15) is 0 Å². The molecule has 0 aliphatic rings. The van der Waals surface area contributed by atoms with Crippen LogP contribution in [-0.4, -0.2) is 18.9 Å². The Labute approximate surface area is 103 Å². The molecule has 69 valence electrons. The number of rotatable bonds is 2. The summed E-state index contributed by atoms with van der Waals surface area (Å²) in [5, 5.41) is 0. The molecule has 0 amide bonds. The smallest absolute Gasteiger partial charge is 0 e. The summed E-state index contributed by atoms with van der Waals surface area (Å²) in [6.07, 6.45) is 0. The Morgan fingerprint density at radius 1 is 0.667 bits per heavy atom. The van der Waals surface area contributed by atoms with Gasteiger partial charge in [-0.3, -0.25) is 0 Å². The minimum Gasteiger partial charge on any atom is -0.0906 e. The largest absolute Gasteiger partial charge is 0.0906 e. The maximum atomic E-state index is 4.10. The van der Waals surface area contributed by atoms with Gasteiger partial charge in [-0.25, -0.2) is 0 Å². The SMILES string of the molecule is C=C(c1ccccc1)c1ccccc1.[Li]. The van der Waals surface area contributed by atoms with Crippen LogP contribution in [0.4, 0.5) is 0 Å². The van der Waals surface area contributed by atoms with Crippen LogP contribution in [0.15, 0.2) is 67.2 Å². The van der Waals surface area contributed by atoms with Gasteiger partial charge in [0, 0.05) is 18.9 Å². The molecular weight excluding hydrogens is 175 g/mol. The van der Waals surface area contributed by atoms with Crippen molar-refractivity contribution in [3.8, 4) is 0 Å². The summed E-state index contributed by atoms with van der Waals surface area (Å²) >= 11 is 0. The third kappa shape index (κ3) is 2.86. The summed E-state index contributed by atoms with van der Waals surface area (Å²) in [4.78, 5) is 0. The topological polar surface area (TPSA) is 0 Å². The first-order valence-corrected chi connectivity index (χ1v) is 4.67. The first kappa shape index (κ1) is 11.8. The van der Waals surface area contributed by atoms with Crippen LogP contribution in [0, 0.1) is 0 Å². The van der Waals surface area contributed by atoms with Crippen LogP contribution in [0.2, 0.25) is 0 Å². The minimum atomic E-state index is 0. The Hall–Kier alpha value is -1.22. The quantitative estimate of drug-likeness (QED) is 0.632. The van der Waals surface area contributed by atoms with Crippen LogP contribution in [0.1, 0.15) is 11.1 Å². The standard InChI is InChI=1S/C14H12.Li/c1-12(13-8-4-2-5-9-13)14-10-6-3-7-11-14;/h2-11H,1H2;. The van der Waals surface area contributed by atoms with E-state index in [1.54, 1.807) is 0 Å². The summed E-state index contributed by atoms with van der Waals surface area (Å²) in [6, 6.07) is 20.5. The first-order chi connectivity index (χ1) is 6.88. The molecule has 0 N–H and O–H groups in total. The number of hydrogen-bond acceptors (Lipinski definition) is 0. The van der Waals surface area contributed by atoms with Crippen molar-refractivity contribution in [1.29, 1.82) is 0 Å². The minimum absolute atomic E-state index is 0. The van der Waals surface area contributed by atoms with E-state index in [0.717, 1.165) is 5.57 Å². The average Bonchev–Trinajstić information content (AvgIpc) is 2.30. The number of hydrogen-bond donors (Lipinski definition) is 0. The Kier molecular flexibility index (Phi) is 4.43. The van der Waals surface area contributed by atoms with E-state index in [9.17, 15) is 0 Å². The molecule has 1 heteroatoms. The molecule has 0 saturated carbocycles. The van der Waals surface area contributed by atoms with Crippen molar-refractivity contribution < 1.29 is 0 Å². The van der Waals surface area contributed by atoms with Crippen molar-refractivity contribution in [1.82, 2.24) is 0 Å². The molecule has 0 unspecified atom stereocenters. The molecule has 15 heavy (non-hydrogen) atoms. The monoisotopic (exact) mass is 187 g/mol. The summed E-state index contributed by atoms with van der Waals surface area (Å²) in [5.74, 6) is 0. The fraction of sp³-hybridized carbons (Fsp3) is 0. The molecule has 0 saturated heterocycles. The van der Waals surface area contributed by atoms with E-state index in [1.165, 1.54) is 11.1 Å². The molecule has 0 fully saturated rings. The van der Waals surface area contributed by atoms with Gasteiger partial charge < -0.3 is 0 Å². The van der Waals surface area contributed by atoms with Gasteiger partial charge in [-0.2, -0.15) is 0 Å². The van der Waals surface area contributed by atoms with Crippen LogP contribution in [-0.2, 0) is 0 Å². The predicted molar refractivity (Wildman–Crippen MR) is 66.8 cm³/mol. The summed E-state index contributed by atoms with van der Waals surface area (Å²) < 4.78 is 0. The second-order valence-electron chi connectivity index (χ2n) is 3.21. The molecule has 0 bridgehead atoms. The molecule has 0 aliphatic heterocycles. The Balaban J connectivity index is 0.00000112. The van der Waals surface area contributed by atoms with E-state index in [1.807, 2.05) is 36.4 Å². The van der Waals surface area contributed by atoms with Gasteiger partial charge in [0.2, 0.25) is 0 Å². The zero-order valence-electron chi connectivity index (χ0n) is 8.98. The van der Waals surface area contributed by atoms with Crippen molar-refractivity contribution in [2.24, 2.45) is 0 Å². The molecule has 0 nitrogen and oxygen atoms in total. The Bertz CT molecular complexity index is 376. The fourth-order valence-electron chi connectivity index (χ4n) is 1.45. The Morgan fingerprint density at radius 2 is 1.00 bits per heavy atom.